The van der Waals surface area contributed by atoms with Crippen molar-refractivity contribution >= 4 is 76.9 Å². The average molecular weight is 328 g/mol. The van der Waals surface area contributed by atoms with Crippen LogP contribution in [0.25, 0.3) is 42.5 Å². The molecule has 4 nitrogen and oxygen atoms in total. The SMILES string of the molecule is Cc1cc2c3nc4nsnc4nc3c3cc(C)sc3c2s1. The van der Waals surface area contributed by atoms with E-state index in [0.29, 0.717) is 11.3 Å². The van der Waals surface area contributed by atoms with Crippen molar-refractivity contribution in [3.8, 4) is 0 Å². The summed E-state index contributed by atoms with van der Waals surface area (Å²) in [6.07, 6.45) is 0. The fourth-order valence-corrected chi connectivity index (χ4v) is 5.36. The molecule has 0 saturated carbocycles. The molecule has 0 fully saturated rings. The summed E-state index contributed by atoms with van der Waals surface area (Å²) in [4.78, 5) is 12.0. The van der Waals surface area contributed by atoms with Crippen molar-refractivity contribution in [1.29, 1.82) is 0 Å². The molecule has 0 unspecified atom stereocenters. The van der Waals surface area contributed by atoms with Crippen molar-refractivity contribution in [2.24, 2.45) is 0 Å². The second kappa shape index (κ2) is 3.94. The van der Waals surface area contributed by atoms with Crippen LogP contribution < -0.4 is 0 Å². The Labute approximate surface area is 131 Å². The molecule has 5 rings (SSSR count). The highest BCUT2D eigenvalue weighted by Gasteiger charge is 2.17. The summed E-state index contributed by atoms with van der Waals surface area (Å²) in [5, 5.41) is 2.37. The number of fused-ring (bicyclic) bond motifs is 7. The first-order chi connectivity index (χ1) is 10.2. The third-order valence-corrected chi connectivity index (χ3v) is 6.32. The number of hydrogen-bond donors (Lipinski definition) is 0. The Hall–Kier alpha value is -1.70. The summed E-state index contributed by atoms with van der Waals surface area (Å²) in [5.74, 6) is 0. The molecule has 21 heavy (non-hydrogen) atoms. The molecule has 0 aliphatic carbocycles. The molecule has 0 N–H and O–H groups in total. The van der Waals surface area contributed by atoms with Gasteiger partial charge in [0.05, 0.1) is 21.1 Å². The highest BCUT2D eigenvalue weighted by Crippen LogP contribution is 2.42. The zero-order chi connectivity index (χ0) is 14.1. The lowest BCUT2D eigenvalue weighted by Crippen LogP contribution is -1.87. The molecule has 0 bridgehead atoms. The van der Waals surface area contributed by atoms with Gasteiger partial charge in [0.1, 0.15) is 11.0 Å². The Kier molecular flexibility index (Phi) is 2.23. The number of rotatable bonds is 0. The zero-order valence-electron chi connectivity index (χ0n) is 11.2. The van der Waals surface area contributed by atoms with Gasteiger partial charge in [0.25, 0.3) is 0 Å². The van der Waals surface area contributed by atoms with Gasteiger partial charge in [0.15, 0.2) is 0 Å². The van der Waals surface area contributed by atoms with Gasteiger partial charge in [-0.15, -0.1) is 22.7 Å². The molecule has 1 aromatic carbocycles. The fraction of sp³-hybridized carbons (Fsp3) is 0.143. The molecule has 0 amide bonds. The quantitative estimate of drug-likeness (QED) is 0.414. The van der Waals surface area contributed by atoms with Crippen LogP contribution in [0.3, 0.4) is 0 Å². The second-order valence-corrected chi connectivity index (χ2v) is 8.07. The van der Waals surface area contributed by atoms with Crippen LogP contribution in [0.15, 0.2) is 12.1 Å². The predicted octanol–water partition coefficient (Wildman–Crippen LogP) is 4.68. The van der Waals surface area contributed by atoms with Gasteiger partial charge in [-0.1, -0.05) is 0 Å². The van der Waals surface area contributed by atoms with E-state index in [1.807, 2.05) is 22.7 Å². The lowest BCUT2D eigenvalue weighted by atomic mass is 10.1. The van der Waals surface area contributed by atoms with Gasteiger partial charge < -0.3 is 0 Å². The van der Waals surface area contributed by atoms with E-state index in [1.165, 1.54) is 29.9 Å². The van der Waals surface area contributed by atoms with E-state index in [4.69, 9.17) is 9.97 Å². The Balaban J connectivity index is 2.19. The van der Waals surface area contributed by atoms with Gasteiger partial charge in [-0.25, -0.2) is 9.97 Å². The van der Waals surface area contributed by atoms with E-state index in [1.54, 1.807) is 0 Å². The van der Waals surface area contributed by atoms with Gasteiger partial charge >= 0.3 is 0 Å². The van der Waals surface area contributed by atoms with Crippen molar-refractivity contribution in [3.05, 3.63) is 21.9 Å². The summed E-state index contributed by atoms with van der Waals surface area (Å²) in [5.41, 5.74) is 3.17. The normalized spacial score (nSPS) is 12.3. The molecule has 7 heteroatoms. The minimum absolute atomic E-state index is 0.643. The second-order valence-electron chi connectivity index (χ2n) is 5.03. The largest absolute Gasteiger partial charge is 0.222 e. The maximum atomic E-state index is 4.72. The topological polar surface area (TPSA) is 51.6 Å². The number of aromatic nitrogens is 4. The van der Waals surface area contributed by atoms with Crippen molar-refractivity contribution in [2.75, 3.05) is 0 Å². The van der Waals surface area contributed by atoms with Crippen molar-refractivity contribution in [2.45, 2.75) is 13.8 Å². The maximum absolute atomic E-state index is 4.72. The van der Waals surface area contributed by atoms with Gasteiger partial charge in [0.2, 0.25) is 11.3 Å². The van der Waals surface area contributed by atoms with Crippen LogP contribution in [0, 0.1) is 13.8 Å². The Bertz CT molecular complexity index is 1080. The lowest BCUT2D eigenvalue weighted by Gasteiger charge is -2.01. The standard InChI is InChI=1S/C14H8N4S3/c1-5-3-7-9-10(16-14-13(15-9)17-21-18-14)8-4-6(2)20-12(8)11(7)19-5/h3-4H,1-2H3. The molecular weight excluding hydrogens is 320 g/mol. The number of hydrogen-bond acceptors (Lipinski definition) is 7. The predicted molar refractivity (Wildman–Crippen MR) is 90.8 cm³/mol. The van der Waals surface area contributed by atoms with Crippen LogP contribution in [-0.4, -0.2) is 18.7 Å². The van der Waals surface area contributed by atoms with E-state index in [-0.39, 0.29) is 0 Å². The van der Waals surface area contributed by atoms with Crippen LogP contribution in [0.2, 0.25) is 0 Å². The van der Waals surface area contributed by atoms with Gasteiger partial charge in [0, 0.05) is 20.5 Å². The summed E-state index contributed by atoms with van der Waals surface area (Å²) < 4.78 is 11.1. The third kappa shape index (κ3) is 1.53. The van der Waals surface area contributed by atoms with E-state index < -0.39 is 0 Å². The first-order valence-corrected chi connectivity index (χ1v) is 8.79. The third-order valence-electron chi connectivity index (χ3n) is 3.54. The van der Waals surface area contributed by atoms with Gasteiger partial charge in [-0.05, 0) is 26.0 Å². The molecule has 4 heterocycles. The number of thiophene rings is 2. The fourth-order valence-electron chi connectivity index (χ4n) is 2.73. The molecule has 0 aliphatic rings. The molecular formula is C14H8N4S3. The molecule has 0 saturated heterocycles. The van der Waals surface area contributed by atoms with Crippen LogP contribution in [-0.2, 0) is 0 Å². The maximum Gasteiger partial charge on any atom is 0.213 e. The van der Waals surface area contributed by atoms with E-state index in [2.05, 4.69) is 34.7 Å². The lowest BCUT2D eigenvalue weighted by molar-refractivity contribution is 1.36. The van der Waals surface area contributed by atoms with Crippen molar-refractivity contribution in [3.63, 3.8) is 0 Å². The summed E-state index contributed by atoms with van der Waals surface area (Å²) in [6.45, 7) is 4.28. The minimum Gasteiger partial charge on any atom is -0.222 e. The molecule has 0 spiro atoms. The molecule has 102 valence electrons. The van der Waals surface area contributed by atoms with E-state index in [0.717, 1.165) is 22.8 Å². The molecule has 4 aromatic heterocycles. The monoisotopic (exact) mass is 328 g/mol. The van der Waals surface area contributed by atoms with E-state index >= 15 is 0 Å². The molecule has 5 aromatic rings. The summed E-state index contributed by atoms with van der Waals surface area (Å²) >= 11 is 4.82. The minimum atomic E-state index is 0.643. The van der Waals surface area contributed by atoms with Gasteiger partial charge in [-0.3, -0.25) is 0 Å². The van der Waals surface area contributed by atoms with E-state index in [9.17, 15) is 0 Å². The number of aryl methyl sites for hydroxylation is 2. The van der Waals surface area contributed by atoms with Crippen molar-refractivity contribution < 1.29 is 0 Å². The van der Waals surface area contributed by atoms with Crippen LogP contribution in [0.4, 0.5) is 0 Å². The molecule has 0 atom stereocenters. The molecule has 0 radical (unpaired) electrons. The number of nitrogens with zero attached hydrogens (tertiary/aromatic N) is 4. The van der Waals surface area contributed by atoms with Crippen LogP contribution in [0.1, 0.15) is 9.75 Å². The molecule has 0 aliphatic heterocycles. The summed E-state index contributed by atoms with van der Waals surface area (Å²) in [7, 11) is 0. The smallest absolute Gasteiger partial charge is 0.213 e. The highest BCUT2D eigenvalue weighted by atomic mass is 32.1. The van der Waals surface area contributed by atoms with Crippen molar-refractivity contribution in [1.82, 2.24) is 18.7 Å². The zero-order valence-corrected chi connectivity index (χ0v) is 13.6. The van der Waals surface area contributed by atoms with Crippen LogP contribution in [0.5, 0.6) is 0 Å². The Morgan fingerprint density at radius 2 is 1.24 bits per heavy atom. The Morgan fingerprint density at radius 3 is 1.71 bits per heavy atom. The average Bonchev–Trinajstić information content (AvgIpc) is 3.13. The van der Waals surface area contributed by atoms with Crippen LogP contribution >= 0.6 is 34.4 Å². The van der Waals surface area contributed by atoms with Gasteiger partial charge in [-0.2, -0.15) is 8.75 Å². The summed E-state index contributed by atoms with van der Waals surface area (Å²) in [6, 6.07) is 4.41. The highest BCUT2D eigenvalue weighted by molar-refractivity contribution is 7.27. The first kappa shape index (κ1) is 11.9. The Morgan fingerprint density at radius 1 is 0.762 bits per heavy atom. The number of benzene rings is 1. The first-order valence-electron chi connectivity index (χ1n) is 6.43.